The summed E-state index contributed by atoms with van der Waals surface area (Å²) in [6.45, 7) is 3.97. The largest absolute Gasteiger partial charge is 0.476 e. The Balaban J connectivity index is 3.10. The smallest absolute Gasteiger partial charge is 0.355 e. The highest BCUT2D eigenvalue weighted by atomic mass is 16.4. The van der Waals surface area contributed by atoms with Crippen LogP contribution in [0.4, 0.5) is 0 Å². The molecule has 0 aliphatic rings. The van der Waals surface area contributed by atoms with E-state index in [0.29, 0.717) is 24.4 Å². The van der Waals surface area contributed by atoms with Gasteiger partial charge in [-0.1, -0.05) is 13.8 Å². The van der Waals surface area contributed by atoms with E-state index in [0.717, 1.165) is 0 Å². The van der Waals surface area contributed by atoms with Gasteiger partial charge in [-0.2, -0.15) is 0 Å². The highest BCUT2D eigenvalue weighted by Gasteiger charge is 2.13. The van der Waals surface area contributed by atoms with Crippen molar-refractivity contribution in [3.63, 3.8) is 0 Å². The van der Waals surface area contributed by atoms with Gasteiger partial charge in [0, 0.05) is 12.6 Å². The van der Waals surface area contributed by atoms with Gasteiger partial charge in [-0.15, -0.1) is 0 Å². The fourth-order valence-electron chi connectivity index (χ4n) is 1.15. The van der Waals surface area contributed by atoms with Gasteiger partial charge in [0.15, 0.2) is 12.0 Å². The van der Waals surface area contributed by atoms with Crippen molar-refractivity contribution in [1.29, 1.82) is 0 Å². The van der Waals surface area contributed by atoms with Crippen LogP contribution < -0.4 is 0 Å². The number of carbonyl (C=O) groups excluding carboxylic acids is 1. The molecule has 0 atom stereocenters. The predicted molar refractivity (Wildman–Crippen MR) is 52.9 cm³/mol. The number of carboxylic acid groups (broad SMARTS) is 1. The minimum Gasteiger partial charge on any atom is -0.476 e. The summed E-state index contributed by atoms with van der Waals surface area (Å²) in [6, 6.07) is 0. The minimum absolute atomic E-state index is 0.00926. The molecule has 0 aliphatic carbocycles. The van der Waals surface area contributed by atoms with Crippen LogP contribution in [-0.4, -0.2) is 27.3 Å². The monoisotopic (exact) mass is 208 g/mol. The number of aldehydes is 1. The van der Waals surface area contributed by atoms with E-state index in [4.69, 9.17) is 5.11 Å². The topological polar surface area (TPSA) is 80.2 Å². The second-order valence-electron chi connectivity index (χ2n) is 3.61. The third kappa shape index (κ3) is 2.83. The van der Waals surface area contributed by atoms with Crippen LogP contribution in [0.15, 0.2) is 6.20 Å². The molecule has 0 bridgehead atoms. The van der Waals surface area contributed by atoms with Crippen molar-refractivity contribution in [3.8, 4) is 0 Å². The highest BCUT2D eigenvalue weighted by Crippen LogP contribution is 2.07. The van der Waals surface area contributed by atoms with Crippen LogP contribution in [0.25, 0.3) is 0 Å². The molecule has 1 rings (SSSR count). The van der Waals surface area contributed by atoms with Crippen LogP contribution in [0.1, 0.15) is 40.5 Å². The van der Waals surface area contributed by atoms with Crippen molar-refractivity contribution in [3.05, 3.63) is 23.3 Å². The van der Waals surface area contributed by atoms with Gasteiger partial charge in [-0.25, -0.2) is 14.8 Å². The lowest BCUT2D eigenvalue weighted by atomic mass is 10.1. The predicted octanol–water partition coefficient (Wildman–Crippen LogP) is 1.19. The number of aromatic carboxylic acids is 1. The normalized spacial score (nSPS) is 10.3. The van der Waals surface area contributed by atoms with E-state index in [-0.39, 0.29) is 11.3 Å². The molecule has 1 aromatic heterocycles. The van der Waals surface area contributed by atoms with Crippen LogP contribution in [-0.2, 0) is 6.42 Å². The summed E-state index contributed by atoms with van der Waals surface area (Å²) in [5.41, 5.74) is -0.217. The number of rotatable bonds is 4. The Morgan fingerprint density at radius 1 is 1.60 bits per heavy atom. The van der Waals surface area contributed by atoms with E-state index in [1.54, 1.807) is 0 Å². The van der Waals surface area contributed by atoms with Crippen molar-refractivity contribution in [1.82, 2.24) is 9.97 Å². The van der Waals surface area contributed by atoms with Gasteiger partial charge in [0.05, 0.1) is 5.56 Å². The SMILES string of the molecule is CC(C)Cc1ncc(C=O)c(C(=O)O)n1. The lowest BCUT2D eigenvalue weighted by Crippen LogP contribution is -2.10. The first-order chi connectivity index (χ1) is 7.04. The summed E-state index contributed by atoms with van der Waals surface area (Å²) >= 11 is 0. The molecule has 0 aliphatic heterocycles. The van der Waals surface area contributed by atoms with Gasteiger partial charge < -0.3 is 5.11 Å². The summed E-state index contributed by atoms with van der Waals surface area (Å²) in [5, 5.41) is 8.81. The summed E-state index contributed by atoms with van der Waals surface area (Å²) in [7, 11) is 0. The number of hydrogen-bond acceptors (Lipinski definition) is 4. The summed E-state index contributed by atoms with van der Waals surface area (Å²) in [6.07, 6.45) is 2.29. The minimum atomic E-state index is -1.20. The molecule has 1 aromatic rings. The zero-order chi connectivity index (χ0) is 11.4. The van der Waals surface area contributed by atoms with Crippen LogP contribution in [0, 0.1) is 5.92 Å². The maximum Gasteiger partial charge on any atom is 0.355 e. The van der Waals surface area contributed by atoms with E-state index in [9.17, 15) is 9.59 Å². The van der Waals surface area contributed by atoms with E-state index >= 15 is 0 Å². The molecule has 5 nitrogen and oxygen atoms in total. The first-order valence-corrected chi connectivity index (χ1v) is 4.59. The molecule has 15 heavy (non-hydrogen) atoms. The Morgan fingerprint density at radius 3 is 2.73 bits per heavy atom. The second kappa shape index (κ2) is 4.63. The molecular weight excluding hydrogens is 196 g/mol. The molecule has 0 aromatic carbocycles. The molecule has 1 heterocycles. The molecule has 0 spiro atoms. The van der Waals surface area contributed by atoms with Crippen LogP contribution in [0.5, 0.6) is 0 Å². The molecular formula is C10H12N2O3. The third-order valence-corrected chi connectivity index (χ3v) is 1.79. The lowest BCUT2D eigenvalue weighted by Gasteiger charge is -2.04. The highest BCUT2D eigenvalue weighted by molar-refractivity contribution is 5.94. The quantitative estimate of drug-likeness (QED) is 0.751. The summed E-state index contributed by atoms with van der Waals surface area (Å²) in [5.74, 6) is -0.411. The van der Waals surface area contributed by atoms with E-state index < -0.39 is 5.97 Å². The number of carbonyl (C=O) groups is 2. The van der Waals surface area contributed by atoms with Crippen molar-refractivity contribution in [2.45, 2.75) is 20.3 Å². The molecule has 1 N–H and O–H groups in total. The fourth-order valence-corrected chi connectivity index (χ4v) is 1.15. The maximum absolute atomic E-state index is 10.8. The lowest BCUT2D eigenvalue weighted by molar-refractivity contribution is 0.0686. The van der Waals surface area contributed by atoms with E-state index in [1.807, 2.05) is 13.8 Å². The van der Waals surface area contributed by atoms with Gasteiger partial charge >= 0.3 is 5.97 Å². The molecule has 0 unspecified atom stereocenters. The molecule has 80 valence electrons. The van der Waals surface area contributed by atoms with Crippen molar-refractivity contribution in [2.75, 3.05) is 0 Å². The second-order valence-corrected chi connectivity index (χ2v) is 3.61. The Labute approximate surface area is 87.2 Å². The zero-order valence-corrected chi connectivity index (χ0v) is 8.60. The molecule has 0 fully saturated rings. The van der Waals surface area contributed by atoms with Gasteiger partial charge in [0.25, 0.3) is 0 Å². The first-order valence-electron chi connectivity index (χ1n) is 4.59. The van der Waals surface area contributed by atoms with Gasteiger partial charge in [-0.3, -0.25) is 4.79 Å². The molecule has 0 saturated carbocycles. The Hall–Kier alpha value is -1.78. The van der Waals surface area contributed by atoms with Crippen LogP contribution in [0.3, 0.4) is 0 Å². The van der Waals surface area contributed by atoms with Crippen LogP contribution >= 0.6 is 0 Å². The molecule has 0 radical (unpaired) electrons. The number of carboxylic acids is 1. The van der Waals surface area contributed by atoms with Gasteiger partial charge in [0.1, 0.15) is 5.82 Å². The number of aromatic nitrogens is 2. The number of nitrogens with zero attached hydrogens (tertiary/aromatic N) is 2. The van der Waals surface area contributed by atoms with E-state index in [1.165, 1.54) is 6.20 Å². The molecule has 0 amide bonds. The van der Waals surface area contributed by atoms with Crippen LogP contribution in [0.2, 0.25) is 0 Å². The first kappa shape index (κ1) is 11.3. The average Bonchev–Trinajstić information content (AvgIpc) is 2.16. The third-order valence-electron chi connectivity index (χ3n) is 1.79. The fraction of sp³-hybridized carbons (Fsp3) is 0.400. The Kier molecular flexibility index (Phi) is 3.49. The molecule has 5 heteroatoms. The maximum atomic E-state index is 10.8. The zero-order valence-electron chi connectivity index (χ0n) is 8.60. The molecule has 0 saturated heterocycles. The van der Waals surface area contributed by atoms with Crippen molar-refractivity contribution in [2.24, 2.45) is 5.92 Å². The Morgan fingerprint density at radius 2 is 2.27 bits per heavy atom. The average molecular weight is 208 g/mol. The number of hydrogen-bond donors (Lipinski definition) is 1. The van der Waals surface area contributed by atoms with E-state index in [2.05, 4.69) is 9.97 Å². The van der Waals surface area contributed by atoms with Crippen molar-refractivity contribution >= 4 is 12.3 Å². The standard InChI is InChI=1S/C10H12N2O3/c1-6(2)3-8-11-4-7(5-13)9(12-8)10(14)15/h4-6H,3H2,1-2H3,(H,14,15). The Bertz CT molecular complexity index is 388. The van der Waals surface area contributed by atoms with Crippen molar-refractivity contribution < 1.29 is 14.7 Å². The summed E-state index contributed by atoms with van der Waals surface area (Å²) < 4.78 is 0. The van der Waals surface area contributed by atoms with Gasteiger partial charge in [0.2, 0.25) is 0 Å². The van der Waals surface area contributed by atoms with Gasteiger partial charge in [-0.05, 0) is 5.92 Å². The summed E-state index contributed by atoms with van der Waals surface area (Å²) in [4.78, 5) is 29.1.